The van der Waals surface area contributed by atoms with Gasteiger partial charge < -0.3 is 19.3 Å². The second-order valence-electron chi connectivity index (χ2n) is 10.5. The van der Waals surface area contributed by atoms with Gasteiger partial charge in [-0.3, -0.25) is 4.79 Å². The second-order valence-corrected chi connectivity index (χ2v) is 10.5. The maximum atomic E-state index is 11.4. The Bertz CT molecular complexity index is 769. The van der Waals surface area contributed by atoms with Crippen molar-refractivity contribution in [3.63, 3.8) is 0 Å². The monoisotopic (exact) mass is 486 g/mol. The Morgan fingerprint density at radius 3 is 2.89 bits per heavy atom. The summed E-state index contributed by atoms with van der Waals surface area (Å²) in [7, 11) is 1.45. The van der Waals surface area contributed by atoms with Gasteiger partial charge in [0.2, 0.25) is 0 Å². The molecule has 3 aliphatic rings. The molecule has 3 unspecified atom stereocenters. The number of allylic oxidation sites excluding steroid dienone is 2. The molecule has 35 heavy (non-hydrogen) atoms. The lowest BCUT2D eigenvalue weighted by Gasteiger charge is -2.30. The van der Waals surface area contributed by atoms with Crippen LogP contribution in [0.3, 0.4) is 0 Å². The summed E-state index contributed by atoms with van der Waals surface area (Å²) >= 11 is 0. The van der Waals surface area contributed by atoms with Crippen LogP contribution in [0, 0.1) is 35.5 Å². The molecular formula is C30H46O5. The van der Waals surface area contributed by atoms with E-state index in [0.717, 1.165) is 70.8 Å². The summed E-state index contributed by atoms with van der Waals surface area (Å²) in [5.74, 6) is 7.62. The van der Waals surface area contributed by atoms with Gasteiger partial charge in [0.25, 0.3) is 0 Å². The van der Waals surface area contributed by atoms with Crippen LogP contribution in [0.5, 0.6) is 0 Å². The highest BCUT2D eigenvalue weighted by Gasteiger charge is 2.44. The molecule has 196 valence electrons. The van der Waals surface area contributed by atoms with Gasteiger partial charge in [-0.25, -0.2) is 0 Å². The smallest absolute Gasteiger partial charge is 0.305 e. The summed E-state index contributed by atoms with van der Waals surface area (Å²) in [4.78, 5) is 11.4. The third-order valence-corrected chi connectivity index (χ3v) is 7.89. The van der Waals surface area contributed by atoms with Gasteiger partial charge in [-0.05, 0) is 75.5 Å². The third-order valence-electron chi connectivity index (χ3n) is 7.89. The highest BCUT2D eigenvalue weighted by atomic mass is 16.7. The number of esters is 1. The molecule has 5 nitrogen and oxygen atoms in total. The maximum Gasteiger partial charge on any atom is 0.305 e. The number of aliphatic hydroxyl groups is 1. The highest BCUT2D eigenvalue weighted by molar-refractivity contribution is 5.68. The Morgan fingerprint density at radius 2 is 2.14 bits per heavy atom. The van der Waals surface area contributed by atoms with Crippen LogP contribution < -0.4 is 0 Å². The van der Waals surface area contributed by atoms with E-state index < -0.39 is 6.10 Å². The molecule has 0 aromatic heterocycles. The molecule has 0 aromatic rings. The van der Waals surface area contributed by atoms with E-state index in [4.69, 9.17) is 14.2 Å². The number of hydrogen-bond acceptors (Lipinski definition) is 5. The molecule has 0 spiro atoms. The molecule has 0 bridgehead atoms. The molecule has 7 atom stereocenters. The summed E-state index contributed by atoms with van der Waals surface area (Å²) in [5.41, 5.74) is 1.52. The Balaban J connectivity index is 1.63. The van der Waals surface area contributed by atoms with Crippen molar-refractivity contribution in [2.75, 3.05) is 13.7 Å². The SMILES string of the molecule is CCC#CCC(C)C(O)C=C[C@H]1[C@H]2CCC(CCCCC(=O)OC)=C[C@@H]2C[C@H]1OC1CCCCO1. The van der Waals surface area contributed by atoms with E-state index in [1.165, 1.54) is 12.7 Å². The number of carbonyl (C=O) groups is 1. The van der Waals surface area contributed by atoms with Gasteiger partial charge in [0.05, 0.1) is 19.3 Å². The lowest BCUT2D eigenvalue weighted by Crippen LogP contribution is -2.31. The molecule has 0 amide bonds. The summed E-state index contributed by atoms with van der Waals surface area (Å²) in [5, 5.41) is 10.7. The Morgan fingerprint density at radius 1 is 1.29 bits per heavy atom. The Hall–Kier alpha value is -1.61. The summed E-state index contributed by atoms with van der Waals surface area (Å²) in [6.07, 6.45) is 17.9. The van der Waals surface area contributed by atoms with E-state index in [-0.39, 0.29) is 24.3 Å². The van der Waals surface area contributed by atoms with E-state index in [0.29, 0.717) is 30.6 Å². The average molecular weight is 487 g/mol. The van der Waals surface area contributed by atoms with Gasteiger partial charge >= 0.3 is 5.97 Å². The van der Waals surface area contributed by atoms with Crippen molar-refractivity contribution in [1.29, 1.82) is 0 Å². The zero-order valence-electron chi connectivity index (χ0n) is 22.0. The van der Waals surface area contributed by atoms with Crippen LogP contribution in [0.4, 0.5) is 0 Å². The topological polar surface area (TPSA) is 65.0 Å². The fourth-order valence-electron chi connectivity index (χ4n) is 5.77. The number of aliphatic hydroxyl groups excluding tert-OH is 1. The van der Waals surface area contributed by atoms with E-state index in [1.54, 1.807) is 0 Å². The number of ether oxygens (including phenoxy) is 3. The first-order valence-corrected chi connectivity index (χ1v) is 13.9. The van der Waals surface area contributed by atoms with Crippen LogP contribution in [-0.4, -0.2) is 43.3 Å². The average Bonchev–Trinajstić information content (AvgIpc) is 3.21. The standard InChI is InChI=1S/C30H46O5/c1-4-5-6-11-22(2)27(31)18-17-26-25-16-15-23(12-7-8-13-29(32)33-3)20-24(25)21-28(26)35-30-14-9-10-19-34-30/h17-18,20,22,24-28,30-31H,4,7-16,19,21H2,1-3H3/t22?,24-,25+,26+,27?,28-,30?/m1/s1. The van der Waals surface area contributed by atoms with Gasteiger partial charge in [-0.2, -0.15) is 0 Å². The zero-order valence-corrected chi connectivity index (χ0v) is 22.0. The minimum atomic E-state index is -0.490. The van der Waals surface area contributed by atoms with Gasteiger partial charge in [0, 0.05) is 31.8 Å². The van der Waals surface area contributed by atoms with Gasteiger partial charge in [0.1, 0.15) is 0 Å². The van der Waals surface area contributed by atoms with Crippen LogP contribution in [0.15, 0.2) is 23.8 Å². The van der Waals surface area contributed by atoms with E-state index in [9.17, 15) is 9.90 Å². The zero-order chi connectivity index (χ0) is 25.0. The van der Waals surface area contributed by atoms with Crippen LogP contribution in [0.1, 0.15) is 90.9 Å². The molecule has 3 rings (SSSR count). The number of methoxy groups -OCH3 is 1. The van der Waals surface area contributed by atoms with Crippen LogP contribution >= 0.6 is 0 Å². The Labute approximate surface area is 212 Å². The Kier molecular flexibility index (Phi) is 11.9. The predicted octanol–water partition coefficient (Wildman–Crippen LogP) is 5.96. The third kappa shape index (κ3) is 8.77. The van der Waals surface area contributed by atoms with Gasteiger partial charge in [-0.15, -0.1) is 11.8 Å². The highest BCUT2D eigenvalue weighted by Crippen LogP contribution is 2.48. The molecule has 1 N–H and O–H groups in total. The summed E-state index contributed by atoms with van der Waals surface area (Å²) in [6, 6.07) is 0. The molecule has 0 radical (unpaired) electrons. The number of unbranched alkanes of at least 4 members (excludes halogenated alkanes) is 1. The molecule has 1 aliphatic heterocycles. The van der Waals surface area contributed by atoms with Crippen LogP contribution in [0.25, 0.3) is 0 Å². The normalized spacial score (nSPS) is 30.2. The minimum Gasteiger partial charge on any atom is -0.469 e. The first-order valence-electron chi connectivity index (χ1n) is 13.9. The number of hydrogen-bond donors (Lipinski definition) is 1. The minimum absolute atomic E-state index is 0.0975. The summed E-state index contributed by atoms with van der Waals surface area (Å²) in [6.45, 7) is 4.90. The number of carbonyl (C=O) groups excluding carboxylic acids is 1. The summed E-state index contributed by atoms with van der Waals surface area (Å²) < 4.78 is 17.2. The van der Waals surface area contributed by atoms with Gasteiger partial charge in [0.15, 0.2) is 6.29 Å². The largest absolute Gasteiger partial charge is 0.469 e. The second kappa shape index (κ2) is 14.8. The van der Waals surface area contributed by atoms with Crippen molar-refractivity contribution in [2.24, 2.45) is 23.7 Å². The molecule has 1 saturated heterocycles. The van der Waals surface area contributed by atoms with Crippen LogP contribution in [0.2, 0.25) is 0 Å². The molecule has 0 aromatic carbocycles. The fourth-order valence-corrected chi connectivity index (χ4v) is 5.77. The van der Waals surface area contributed by atoms with Crippen molar-refractivity contribution < 1.29 is 24.1 Å². The van der Waals surface area contributed by atoms with Crippen molar-refractivity contribution >= 4 is 5.97 Å². The molecular weight excluding hydrogens is 440 g/mol. The molecule has 1 saturated carbocycles. The van der Waals surface area contributed by atoms with Crippen molar-refractivity contribution in [3.05, 3.63) is 23.8 Å². The van der Waals surface area contributed by atoms with Crippen molar-refractivity contribution in [3.8, 4) is 11.8 Å². The van der Waals surface area contributed by atoms with E-state index >= 15 is 0 Å². The van der Waals surface area contributed by atoms with Crippen LogP contribution in [-0.2, 0) is 19.0 Å². The quantitative estimate of drug-likeness (QED) is 0.169. The molecule has 2 aliphatic carbocycles. The van der Waals surface area contributed by atoms with Crippen molar-refractivity contribution in [1.82, 2.24) is 0 Å². The van der Waals surface area contributed by atoms with Gasteiger partial charge in [-0.1, -0.05) is 37.6 Å². The number of rotatable bonds is 11. The first-order chi connectivity index (χ1) is 17.0. The lowest BCUT2D eigenvalue weighted by molar-refractivity contribution is -0.192. The molecule has 1 heterocycles. The van der Waals surface area contributed by atoms with E-state index in [1.807, 2.05) is 13.0 Å². The number of fused-ring (bicyclic) bond motifs is 1. The lowest BCUT2D eigenvalue weighted by atomic mass is 9.78. The maximum absolute atomic E-state index is 11.4. The molecule has 5 heteroatoms. The first kappa shape index (κ1) is 28.0. The van der Waals surface area contributed by atoms with Crippen molar-refractivity contribution in [2.45, 2.75) is 109 Å². The fraction of sp³-hybridized carbons (Fsp3) is 0.767. The predicted molar refractivity (Wildman–Crippen MR) is 138 cm³/mol. The molecule has 2 fully saturated rings. The van der Waals surface area contributed by atoms with E-state index in [2.05, 4.69) is 30.9 Å².